The number of ether oxygens (including phenoxy) is 1. The Morgan fingerprint density at radius 2 is 1.84 bits per heavy atom. The van der Waals surface area contributed by atoms with Crippen molar-refractivity contribution in [3.05, 3.63) is 56.0 Å². The third-order valence-corrected chi connectivity index (χ3v) is 4.13. The fourth-order valence-corrected chi connectivity index (χ4v) is 2.46. The first-order valence-electron chi connectivity index (χ1n) is 5.63. The summed E-state index contributed by atoms with van der Waals surface area (Å²) in [5.74, 6) is 1.21. The number of hydrogen-bond acceptors (Lipinski definition) is 2. The van der Waals surface area contributed by atoms with Crippen LogP contribution in [0.15, 0.2) is 34.8 Å². The predicted molar refractivity (Wildman–Crippen MR) is 83.3 cm³/mol. The summed E-state index contributed by atoms with van der Waals surface area (Å²) >= 11 is 15.5. The number of benzene rings is 2. The number of hydrogen-bond donors (Lipinski definition) is 1. The molecule has 0 atom stereocenters. The minimum absolute atomic E-state index is 0.400. The van der Waals surface area contributed by atoms with Gasteiger partial charge in [-0.05, 0) is 40.5 Å². The van der Waals surface area contributed by atoms with E-state index in [9.17, 15) is 0 Å². The molecule has 5 heteroatoms. The lowest BCUT2D eigenvalue weighted by atomic mass is 10.1. The Hall–Kier alpha value is -0.740. The van der Waals surface area contributed by atoms with Crippen LogP contribution in [0.3, 0.4) is 0 Å². The third kappa shape index (κ3) is 3.42. The average molecular weight is 361 g/mol. The van der Waals surface area contributed by atoms with Crippen molar-refractivity contribution in [1.29, 1.82) is 0 Å². The molecule has 0 heterocycles. The quantitative estimate of drug-likeness (QED) is 0.752. The summed E-state index contributed by atoms with van der Waals surface area (Å²) in [4.78, 5) is 0. The van der Waals surface area contributed by atoms with E-state index in [1.54, 1.807) is 12.1 Å². The zero-order chi connectivity index (χ0) is 14.0. The van der Waals surface area contributed by atoms with Crippen molar-refractivity contribution < 1.29 is 4.74 Å². The maximum atomic E-state index is 6.14. The molecule has 0 radical (unpaired) electrons. The monoisotopic (exact) mass is 359 g/mol. The van der Waals surface area contributed by atoms with Crippen molar-refractivity contribution in [2.75, 3.05) is 0 Å². The molecule has 0 aliphatic carbocycles. The second-order valence-corrected chi connectivity index (χ2v) is 5.78. The minimum atomic E-state index is 0.400. The Morgan fingerprint density at radius 1 is 1.11 bits per heavy atom. The van der Waals surface area contributed by atoms with Gasteiger partial charge in [-0.1, -0.05) is 35.3 Å². The van der Waals surface area contributed by atoms with E-state index in [1.807, 2.05) is 25.1 Å². The molecule has 2 nitrogen and oxygen atoms in total. The van der Waals surface area contributed by atoms with Gasteiger partial charge in [0, 0.05) is 22.6 Å². The van der Waals surface area contributed by atoms with Crippen LogP contribution in [-0.2, 0) is 6.54 Å². The normalized spacial score (nSPS) is 10.6. The highest BCUT2D eigenvalue weighted by atomic mass is 79.9. The molecular weight excluding hydrogens is 349 g/mol. The van der Waals surface area contributed by atoms with Crippen LogP contribution in [0.2, 0.25) is 10.0 Å². The Balaban J connectivity index is 2.41. The van der Waals surface area contributed by atoms with Crippen molar-refractivity contribution >= 4 is 39.1 Å². The van der Waals surface area contributed by atoms with Gasteiger partial charge in [0.2, 0.25) is 0 Å². The van der Waals surface area contributed by atoms with Gasteiger partial charge in [-0.3, -0.25) is 0 Å². The lowest BCUT2D eigenvalue weighted by Gasteiger charge is -2.13. The second-order valence-electron chi connectivity index (χ2n) is 4.11. The summed E-state index contributed by atoms with van der Waals surface area (Å²) in [6, 6.07) is 9.24. The van der Waals surface area contributed by atoms with Crippen LogP contribution in [0.1, 0.15) is 11.1 Å². The molecule has 100 valence electrons. The van der Waals surface area contributed by atoms with Gasteiger partial charge in [0.25, 0.3) is 0 Å². The van der Waals surface area contributed by atoms with Crippen molar-refractivity contribution in [3.8, 4) is 11.5 Å². The maximum absolute atomic E-state index is 6.14. The molecule has 0 unspecified atom stereocenters. The highest BCUT2D eigenvalue weighted by Gasteiger charge is 2.10. The van der Waals surface area contributed by atoms with Crippen LogP contribution in [0.5, 0.6) is 11.5 Å². The molecule has 0 spiro atoms. The molecule has 0 saturated carbocycles. The van der Waals surface area contributed by atoms with E-state index >= 15 is 0 Å². The van der Waals surface area contributed by atoms with Gasteiger partial charge in [0.05, 0.1) is 10.0 Å². The van der Waals surface area contributed by atoms with Crippen LogP contribution in [-0.4, -0.2) is 0 Å². The molecule has 2 aromatic carbocycles. The third-order valence-electron chi connectivity index (χ3n) is 2.64. The van der Waals surface area contributed by atoms with Crippen molar-refractivity contribution in [1.82, 2.24) is 0 Å². The highest BCUT2D eigenvalue weighted by molar-refractivity contribution is 9.10. The lowest BCUT2D eigenvalue weighted by Crippen LogP contribution is -2.00. The van der Waals surface area contributed by atoms with Crippen LogP contribution in [0.25, 0.3) is 0 Å². The average Bonchev–Trinajstić information content (AvgIpc) is 2.36. The van der Waals surface area contributed by atoms with Gasteiger partial charge in [-0.2, -0.15) is 0 Å². The predicted octanol–water partition coefficient (Wildman–Crippen LogP) is 5.32. The number of nitrogens with two attached hydrogens (primary N) is 1. The first-order valence-corrected chi connectivity index (χ1v) is 7.18. The van der Waals surface area contributed by atoms with Gasteiger partial charge in [0.1, 0.15) is 11.5 Å². The van der Waals surface area contributed by atoms with E-state index < -0.39 is 0 Å². The maximum Gasteiger partial charge on any atom is 0.147 e. The molecule has 2 N–H and O–H groups in total. The summed E-state index contributed by atoms with van der Waals surface area (Å²) in [5, 5.41) is 1.03. The lowest BCUT2D eigenvalue weighted by molar-refractivity contribution is 0.476. The van der Waals surface area contributed by atoms with Crippen molar-refractivity contribution in [2.24, 2.45) is 5.73 Å². The molecule has 0 aromatic heterocycles. The SMILES string of the molecule is Cc1ccc(CN)c(Oc2cc(Cl)c(Br)cc2Cl)c1. The molecule has 0 saturated heterocycles. The number of rotatable bonds is 3. The highest BCUT2D eigenvalue weighted by Crippen LogP contribution is 2.37. The smallest absolute Gasteiger partial charge is 0.147 e. The van der Waals surface area contributed by atoms with Crippen LogP contribution >= 0.6 is 39.1 Å². The van der Waals surface area contributed by atoms with Crippen LogP contribution in [0, 0.1) is 6.92 Å². The van der Waals surface area contributed by atoms with E-state index in [4.69, 9.17) is 33.7 Å². The van der Waals surface area contributed by atoms with Crippen LogP contribution < -0.4 is 10.5 Å². The Bertz CT molecular complexity index is 617. The van der Waals surface area contributed by atoms with E-state index in [0.29, 0.717) is 28.1 Å². The van der Waals surface area contributed by atoms with E-state index in [0.717, 1.165) is 15.6 Å². The molecule has 0 aliphatic rings. The number of aryl methyl sites for hydroxylation is 1. The van der Waals surface area contributed by atoms with E-state index in [-0.39, 0.29) is 0 Å². The molecule has 0 bridgehead atoms. The Labute approximate surface area is 130 Å². The van der Waals surface area contributed by atoms with Crippen LogP contribution in [0.4, 0.5) is 0 Å². The standard InChI is InChI=1S/C14H12BrCl2NO/c1-8-2-3-9(7-18)13(4-8)19-14-6-11(16)10(15)5-12(14)17/h2-6H,7,18H2,1H3. The summed E-state index contributed by atoms with van der Waals surface area (Å²) < 4.78 is 6.56. The first kappa shape index (κ1) is 14.7. The Morgan fingerprint density at radius 3 is 2.53 bits per heavy atom. The zero-order valence-corrected chi connectivity index (χ0v) is 13.3. The molecule has 19 heavy (non-hydrogen) atoms. The first-order chi connectivity index (χ1) is 9.01. The minimum Gasteiger partial charge on any atom is -0.455 e. The zero-order valence-electron chi connectivity index (χ0n) is 10.2. The fourth-order valence-electron chi connectivity index (χ4n) is 1.63. The van der Waals surface area contributed by atoms with Gasteiger partial charge in [0.15, 0.2) is 0 Å². The van der Waals surface area contributed by atoms with Crippen molar-refractivity contribution in [2.45, 2.75) is 13.5 Å². The van der Waals surface area contributed by atoms with Gasteiger partial charge in [-0.25, -0.2) is 0 Å². The summed E-state index contributed by atoms with van der Waals surface area (Å²) in [6.45, 7) is 2.39. The molecule has 0 aliphatic heterocycles. The molecule has 0 amide bonds. The summed E-state index contributed by atoms with van der Waals surface area (Å²) in [5.41, 5.74) is 7.71. The fraction of sp³-hybridized carbons (Fsp3) is 0.143. The Kier molecular flexibility index (Phi) is 4.74. The van der Waals surface area contributed by atoms with Crippen molar-refractivity contribution in [3.63, 3.8) is 0 Å². The molecular formula is C14H12BrCl2NO. The molecule has 2 rings (SSSR count). The molecule has 2 aromatic rings. The number of halogens is 3. The summed E-state index contributed by atoms with van der Waals surface area (Å²) in [6.07, 6.45) is 0. The topological polar surface area (TPSA) is 35.2 Å². The molecule has 0 fully saturated rings. The van der Waals surface area contributed by atoms with E-state index in [1.165, 1.54) is 0 Å². The van der Waals surface area contributed by atoms with Gasteiger partial charge < -0.3 is 10.5 Å². The van der Waals surface area contributed by atoms with Gasteiger partial charge >= 0.3 is 0 Å². The second kappa shape index (κ2) is 6.14. The van der Waals surface area contributed by atoms with Gasteiger partial charge in [-0.15, -0.1) is 0 Å². The largest absolute Gasteiger partial charge is 0.455 e. The summed E-state index contributed by atoms with van der Waals surface area (Å²) in [7, 11) is 0. The van der Waals surface area contributed by atoms with E-state index in [2.05, 4.69) is 15.9 Å².